The van der Waals surface area contributed by atoms with Crippen LogP contribution in [0.3, 0.4) is 0 Å². The topological polar surface area (TPSA) is 47.1 Å². The number of nitrogens with two attached hydrogens (primary N) is 1. The predicted octanol–water partition coefficient (Wildman–Crippen LogP) is 3.07. The van der Waals surface area contributed by atoms with Crippen molar-refractivity contribution in [2.45, 2.75) is 57.7 Å². The Bertz CT molecular complexity index is 447. The van der Waals surface area contributed by atoms with Gasteiger partial charge in [-0.3, -0.25) is 4.68 Å². The molecular weight excluding hydrogens is 272 g/mol. The lowest BCUT2D eigenvalue weighted by molar-refractivity contribution is 0.0537. The highest BCUT2D eigenvalue weighted by molar-refractivity contribution is 6.31. The quantitative estimate of drug-likeness (QED) is 0.929. The van der Waals surface area contributed by atoms with Gasteiger partial charge in [0.2, 0.25) is 0 Å². The number of aryl methyl sites for hydroxylation is 1. The van der Waals surface area contributed by atoms with E-state index in [2.05, 4.69) is 37.9 Å². The van der Waals surface area contributed by atoms with Gasteiger partial charge in [0.15, 0.2) is 0 Å². The van der Waals surface area contributed by atoms with Crippen molar-refractivity contribution in [3.8, 4) is 0 Å². The molecule has 1 unspecified atom stereocenters. The summed E-state index contributed by atoms with van der Waals surface area (Å²) >= 11 is 6.35. The molecule has 2 N–H and O–H groups in total. The lowest BCUT2D eigenvalue weighted by atomic mass is 9.71. The summed E-state index contributed by atoms with van der Waals surface area (Å²) in [7, 11) is 4.27. The largest absolute Gasteiger partial charge is 0.321 e. The molecule has 0 radical (unpaired) electrons. The molecule has 0 amide bonds. The number of nitrogens with zero attached hydrogens (tertiary/aromatic N) is 3. The molecular formula is C15H27ClN4. The van der Waals surface area contributed by atoms with Gasteiger partial charge in [-0.15, -0.1) is 0 Å². The van der Waals surface area contributed by atoms with Gasteiger partial charge in [-0.05, 0) is 52.6 Å². The van der Waals surface area contributed by atoms with E-state index >= 15 is 0 Å². The monoisotopic (exact) mass is 298 g/mol. The van der Waals surface area contributed by atoms with Crippen LogP contribution < -0.4 is 5.73 Å². The van der Waals surface area contributed by atoms with E-state index in [4.69, 9.17) is 17.3 Å². The first-order valence-electron chi connectivity index (χ1n) is 7.56. The van der Waals surface area contributed by atoms with Gasteiger partial charge in [0.25, 0.3) is 0 Å². The first-order chi connectivity index (χ1) is 9.42. The lowest BCUT2D eigenvalue weighted by Gasteiger charge is -2.48. The molecule has 1 fully saturated rings. The molecule has 1 aromatic rings. The van der Waals surface area contributed by atoms with E-state index in [1.54, 1.807) is 6.20 Å². The summed E-state index contributed by atoms with van der Waals surface area (Å²) in [6, 6.07) is -0.0973. The molecule has 0 bridgehead atoms. The number of aromatic nitrogens is 2. The molecule has 1 aliphatic rings. The van der Waals surface area contributed by atoms with Gasteiger partial charge in [0.05, 0.1) is 23.0 Å². The Morgan fingerprint density at radius 2 is 2.10 bits per heavy atom. The molecule has 20 heavy (non-hydrogen) atoms. The third kappa shape index (κ3) is 2.61. The van der Waals surface area contributed by atoms with Gasteiger partial charge in [0.1, 0.15) is 0 Å². The third-order valence-electron chi connectivity index (χ3n) is 5.04. The van der Waals surface area contributed by atoms with Crippen LogP contribution in [0.15, 0.2) is 6.20 Å². The molecule has 5 heteroatoms. The van der Waals surface area contributed by atoms with Crippen molar-refractivity contribution in [2.75, 3.05) is 14.1 Å². The van der Waals surface area contributed by atoms with Crippen molar-refractivity contribution >= 4 is 11.6 Å². The van der Waals surface area contributed by atoms with Crippen molar-refractivity contribution in [2.24, 2.45) is 11.7 Å². The van der Waals surface area contributed by atoms with Crippen molar-refractivity contribution in [3.05, 3.63) is 16.9 Å². The summed E-state index contributed by atoms with van der Waals surface area (Å²) in [5.74, 6) is 0.793. The molecule has 0 spiro atoms. The first-order valence-corrected chi connectivity index (χ1v) is 7.94. The Hall–Kier alpha value is -0.580. The minimum atomic E-state index is -0.0973. The normalized spacial score (nSPS) is 28.9. The number of likely N-dealkylation sites (N-methyl/N-ethyl adjacent to an activating group) is 1. The predicted molar refractivity (Wildman–Crippen MR) is 83.9 cm³/mol. The highest BCUT2D eigenvalue weighted by atomic mass is 35.5. The molecule has 1 heterocycles. The van der Waals surface area contributed by atoms with E-state index in [9.17, 15) is 0 Å². The second-order valence-electron chi connectivity index (χ2n) is 6.35. The third-order valence-corrected chi connectivity index (χ3v) is 5.33. The van der Waals surface area contributed by atoms with Crippen LogP contribution in [0.2, 0.25) is 5.02 Å². The van der Waals surface area contributed by atoms with Crippen molar-refractivity contribution < 1.29 is 0 Å². The van der Waals surface area contributed by atoms with Crippen LogP contribution in [-0.2, 0) is 6.54 Å². The highest BCUT2D eigenvalue weighted by Gasteiger charge is 2.43. The van der Waals surface area contributed by atoms with Gasteiger partial charge in [-0.1, -0.05) is 18.5 Å². The van der Waals surface area contributed by atoms with Crippen LogP contribution >= 0.6 is 11.6 Å². The zero-order chi connectivity index (χ0) is 14.9. The molecule has 0 saturated heterocycles. The van der Waals surface area contributed by atoms with Crippen LogP contribution in [-0.4, -0.2) is 34.3 Å². The molecule has 4 nitrogen and oxygen atoms in total. The Balaban J connectivity index is 2.36. The maximum atomic E-state index is 6.69. The van der Waals surface area contributed by atoms with Gasteiger partial charge in [-0.25, -0.2) is 0 Å². The van der Waals surface area contributed by atoms with E-state index in [1.165, 1.54) is 12.8 Å². The van der Waals surface area contributed by atoms with Crippen LogP contribution in [0.4, 0.5) is 0 Å². The van der Waals surface area contributed by atoms with Crippen LogP contribution in [0.25, 0.3) is 0 Å². The summed E-state index contributed by atoms with van der Waals surface area (Å²) in [6.07, 6.45) is 6.41. The molecule has 0 aromatic carbocycles. The molecule has 1 atom stereocenters. The van der Waals surface area contributed by atoms with E-state index in [0.717, 1.165) is 31.0 Å². The average molecular weight is 299 g/mol. The Kier molecular flexibility index (Phi) is 4.77. The van der Waals surface area contributed by atoms with E-state index in [0.29, 0.717) is 5.02 Å². The second kappa shape index (κ2) is 6.04. The highest BCUT2D eigenvalue weighted by Crippen LogP contribution is 2.43. The number of hydrogen-bond acceptors (Lipinski definition) is 3. The van der Waals surface area contributed by atoms with Gasteiger partial charge >= 0.3 is 0 Å². The standard InChI is InChI=1S/C15H27ClN4/c1-5-20-13(12(16)10-18-20)14(17)15(19(3)4)8-6-11(2)7-9-15/h10-11,14H,5-9,17H2,1-4H3. The van der Waals surface area contributed by atoms with E-state index in [-0.39, 0.29) is 11.6 Å². The van der Waals surface area contributed by atoms with Crippen molar-refractivity contribution in [1.29, 1.82) is 0 Å². The fraction of sp³-hybridized carbons (Fsp3) is 0.800. The summed E-state index contributed by atoms with van der Waals surface area (Å²) in [4.78, 5) is 2.30. The Labute approximate surface area is 127 Å². The lowest BCUT2D eigenvalue weighted by Crippen LogP contribution is -2.54. The second-order valence-corrected chi connectivity index (χ2v) is 6.76. The maximum Gasteiger partial charge on any atom is 0.0834 e. The maximum absolute atomic E-state index is 6.69. The fourth-order valence-corrected chi connectivity index (χ4v) is 3.74. The molecule has 114 valence electrons. The van der Waals surface area contributed by atoms with E-state index < -0.39 is 0 Å². The van der Waals surface area contributed by atoms with E-state index in [1.807, 2.05) is 4.68 Å². The molecule has 1 saturated carbocycles. The minimum Gasteiger partial charge on any atom is -0.321 e. The molecule has 1 aromatic heterocycles. The van der Waals surface area contributed by atoms with Gasteiger partial charge in [0, 0.05) is 12.1 Å². The summed E-state index contributed by atoms with van der Waals surface area (Å²) in [5.41, 5.74) is 7.66. The fourth-order valence-electron chi connectivity index (χ4n) is 3.49. The Morgan fingerprint density at radius 3 is 2.60 bits per heavy atom. The smallest absolute Gasteiger partial charge is 0.0834 e. The van der Waals surface area contributed by atoms with Crippen molar-refractivity contribution in [1.82, 2.24) is 14.7 Å². The average Bonchev–Trinajstić information content (AvgIpc) is 2.79. The van der Waals surface area contributed by atoms with Crippen LogP contribution in [0, 0.1) is 5.92 Å². The summed E-state index contributed by atoms with van der Waals surface area (Å²) < 4.78 is 1.94. The van der Waals surface area contributed by atoms with Gasteiger partial charge in [-0.2, -0.15) is 5.10 Å². The molecule has 1 aliphatic carbocycles. The first kappa shape index (κ1) is 15.8. The summed E-state index contributed by atoms with van der Waals surface area (Å²) in [5, 5.41) is 5.04. The SMILES string of the molecule is CCn1ncc(Cl)c1C(N)C1(N(C)C)CCC(C)CC1. The Morgan fingerprint density at radius 1 is 1.50 bits per heavy atom. The minimum absolute atomic E-state index is 0.0108. The number of hydrogen-bond donors (Lipinski definition) is 1. The van der Waals surface area contributed by atoms with Crippen LogP contribution in [0.1, 0.15) is 51.3 Å². The van der Waals surface area contributed by atoms with Crippen molar-refractivity contribution in [3.63, 3.8) is 0 Å². The zero-order valence-electron chi connectivity index (χ0n) is 13.1. The molecule has 2 rings (SSSR count). The number of rotatable bonds is 4. The molecule has 0 aliphatic heterocycles. The number of halogens is 1. The zero-order valence-corrected chi connectivity index (χ0v) is 13.8. The van der Waals surface area contributed by atoms with Crippen LogP contribution in [0.5, 0.6) is 0 Å². The van der Waals surface area contributed by atoms with Gasteiger partial charge < -0.3 is 10.6 Å². The summed E-state index contributed by atoms with van der Waals surface area (Å²) in [6.45, 7) is 5.20.